The van der Waals surface area contributed by atoms with Crippen molar-refractivity contribution in [1.29, 1.82) is 0 Å². The zero-order valence-electron chi connectivity index (χ0n) is 21.9. The molecule has 10 nitrogen and oxygen atoms in total. The van der Waals surface area contributed by atoms with Crippen molar-refractivity contribution in [2.24, 2.45) is 17.1 Å². The highest BCUT2D eigenvalue weighted by Gasteiger charge is 2.43. The molecular formula is C26H43N5O5. The van der Waals surface area contributed by atoms with Crippen LogP contribution in [0.25, 0.3) is 0 Å². The number of nitrogens with zero attached hydrogens (tertiary/aromatic N) is 1. The number of hydrogen-bond acceptors (Lipinski definition) is 5. The number of primary amides is 1. The second-order valence-electron chi connectivity index (χ2n) is 11.8. The molecule has 2 unspecified atom stereocenters. The number of nitrogens with one attached hydrogen (secondary N) is 3. The maximum atomic E-state index is 13.7. The van der Waals surface area contributed by atoms with E-state index in [2.05, 4.69) is 16.0 Å². The summed E-state index contributed by atoms with van der Waals surface area (Å²) in [6.45, 7) is 6.01. The number of likely N-dealkylation sites (tertiary alicyclic amines) is 1. The lowest BCUT2D eigenvalue weighted by Crippen LogP contribution is -2.60. The first-order valence-electron chi connectivity index (χ1n) is 13.5. The maximum absolute atomic E-state index is 13.7. The normalized spacial score (nSPS) is 22.8. The number of urea groups is 1. The SMILES string of the molecule is CC(C)(C)C(NC(=O)NC1CCCCC1)C(=O)N1CCC[C@H]1C(=O)NC(CC1CCC1)C(=O)C(N)=O. The Morgan fingerprint density at radius 1 is 0.889 bits per heavy atom. The van der Waals surface area contributed by atoms with Crippen LogP contribution in [0.3, 0.4) is 0 Å². The molecule has 3 aliphatic rings. The van der Waals surface area contributed by atoms with Crippen LogP contribution in [-0.4, -0.2) is 65.1 Å². The largest absolute Gasteiger partial charge is 0.363 e. The standard InChI is InChI=1S/C26H43N5O5/c1-26(2,3)21(30-25(36)28-17-11-5-4-6-12-17)24(35)31-14-8-13-19(31)23(34)29-18(20(32)22(27)33)15-16-9-7-10-16/h16-19,21H,4-15H2,1-3H3,(H2,27,33)(H,29,34)(H2,28,30,36)/t18?,19-,21?/m0/s1. The van der Waals surface area contributed by atoms with E-state index in [1.807, 2.05) is 20.8 Å². The summed E-state index contributed by atoms with van der Waals surface area (Å²) < 4.78 is 0. The van der Waals surface area contributed by atoms with E-state index in [4.69, 9.17) is 5.73 Å². The van der Waals surface area contributed by atoms with Crippen LogP contribution in [0.15, 0.2) is 0 Å². The van der Waals surface area contributed by atoms with Gasteiger partial charge in [-0.05, 0) is 43.4 Å². The highest BCUT2D eigenvalue weighted by molar-refractivity contribution is 6.37. The zero-order chi connectivity index (χ0) is 26.5. The first kappa shape index (κ1) is 27.9. The van der Waals surface area contributed by atoms with Crippen molar-refractivity contribution in [1.82, 2.24) is 20.9 Å². The number of Topliss-reactive ketones (excluding diaryl/α,β-unsaturated/α-hetero) is 1. The first-order valence-corrected chi connectivity index (χ1v) is 13.5. The lowest BCUT2D eigenvalue weighted by atomic mass is 9.80. The van der Waals surface area contributed by atoms with Crippen molar-refractivity contribution in [2.75, 3.05) is 6.54 Å². The summed E-state index contributed by atoms with van der Waals surface area (Å²) in [5.41, 5.74) is 4.64. The molecule has 0 aromatic carbocycles. The molecule has 1 aliphatic heterocycles. The molecule has 0 aromatic rings. The molecule has 1 heterocycles. The molecule has 0 aromatic heterocycles. The Kier molecular flexibility index (Phi) is 9.35. The van der Waals surface area contributed by atoms with Crippen molar-refractivity contribution in [2.45, 2.75) is 116 Å². The summed E-state index contributed by atoms with van der Waals surface area (Å²) >= 11 is 0. The van der Waals surface area contributed by atoms with Crippen molar-refractivity contribution in [3.8, 4) is 0 Å². The van der Waals surface area contributed by atoms with Crippen LogP contribution in [0, 0.1) is 11.3 Å². The van der Waals surface area contributed by atoms with Gasteiger partial charge in [-0.2, -0.15) is 0 Å². The molecule has 5 N–H and O–H groups in total. The van der Waals surface area contributed by atoms with Gasteiger partial charge in [0.15, 0.2) is 0 Å². The van der Waals surface area contributed by atoms with Crippen LogP contribution in [0.5, 0.6) is 0 Å². The fourth-order valence-corrected chi connectivity index (χ4v) is 5.46. The summed E-state index contributed by atoms with van der Waals surface area (Å²) in [7, 11) is 0. The minimum absolute atomic E-state index is 0.107. The van der Waals surface area contributed by atoms with Gasteiger partial charge in [0.1, 0.15) is 12.1 Å². The van der Waals surface area contributed by atoms with Crippen molar-refractivity contribution in [3.05, 3.63) is 0 Å². The fourth-order valence-electron chi connectivity index (χ4n) is 5.46. The van der Waals surface area contributed by atoms with Crippen LogP contribution in [0.4, 0.5) is 4.79 Å². The first-order chi connectivity index (χ1) is 17.0. The predicted octanol–water partition coefficient (Wildman–Crippen LogP) is 1.75. The van der Waals surface area contributed by atoms with Gasteiger partial charge >= 0.3 is 6.03 Å². The maximum Gasteiger partial charge on any atom is 0.315 e. The number of ketones is 1. The van der Waals surface area contributed by atoms with Crippen LogP contribution in [0.1, 0.15) is 91.4 Å². The van der Waals surface area contributed by atoms with E-state index in [-0.39, 0.29) is 23.9 Å². The van der Waals surface area contributed by atoms with E-state index < -0.39 is 41.1 Å². The molecule has 3 rings (SSSR count). The summed E-state index contributed by atoms with van der Waals surface area (Å²) in [6, 6.07) is -2.84. The van der Waals surface area contributed by atoms with E-state index >= 15 is 0 Å². The summed E-state index contributed by atoms with van der Waals surface area (Å²) in [6.07, 6.45) is 9.63. The highest BCUT2D eigenvalue weighted by Crippen LogP contribution is 2.31. The molecule has 3 fully saturated rings. The van der Waals surface area contributed by atoms with Crippen LogP contribution in [-0.2, 0) is 19.2 Å². The lowest BCUT2D eigenvalue weighted by Gasteiger charge is -2.36. The van der Waals surface area contributed by atoms with Gasteiger partial charge in [0.25, 0.3) is 5.91 Å². The molecule has 0 spiro atoms. The molecule has 36 heavy (non-hydrogen) atoms. The van der Waals surface area contributed by atoms with Crippen LogP contribution >= 0.6 is 0 Å². The lowest BCUT2D eigenvalue weighted by molar-refractivity contribution is -0.143. The van der Waals surface area contributed by atoms with Gasteiger partial charge < -0.3 is 26.6 Å². The second kappa shape index (κ2) is 12.1. The van der Waals surface area contributed by atoms with Gasteiger partial charge in [-0.25, -0.2) is 4.79 Å². The topological polar surface area (TPSA) is 151 Å². The van der Waals surface area contributed by atoms with Gasteiger partial charge in [-0.15, -0.1) is 0 Å². The van der Waals surface area contributed by atoms with Crippen molar-refractivity contribution < 1.29 is 24.0 Å². The minimum atomic E-state index is -1.07. The molecular weight excluding hydrogens is 462 g/mol. The fraction of sp³-hybridized carbons (Fsp3) is 0.808. The Bertz CT molecular complexity index is 844. The monoisotopic (exact) mass is 505 g/mol. The molecule has 2 saturated carbocycles. The average Bonchev–Trinajstić information content (AvgIpc) is 3.28. The summed E-state index contributed by atoms with van der Waals surface area (Å²) in [5.74, 6) is -2.38. The predicted molar refractivity (Wildman–Crippen MR) is 135 cm³/mol. The van der Waals surface area contributed by atoms with Gasteiger partial charge in [-0.1, -0.05) is 59.3 Å². The van der Waals surface area contributed by atoms with Gasteiger partial charge in [-0.3, -0.25) is 19.2 Å². The average molecular weight is 506 g/mol. The minimum Gasteiger partial charge on any atom is -0.363 e. The van der Waals surface area contributed by atoms with E-state index in [1.54, 1.807) is 0 Å². The Labute approximate surface area is 213 Å². The Balaban J connectivity index is 1.67. The number of carbonyl (C=O) groups is 5. The zero-order valence-corrected chi connectivity index (χ0v) is 21.9. The molecule has 2 aliphatic carbocycles. The Morgan fingerprint density at radius 3 is 2.11 bits per heavy atom. The number of amides is 5. The van der Waals surface area contributed by atoms with Gasteiger partial charge in [0.05, 0.1) is 6.04 Å². The van der Waals surface area contributed by atoms with Crippen molar-refractivity contribution >= 4 is 29.5 Å². The number of carbonyl (C=O) groups excluding carboxylic acids is 5. The smallest absolute Gasteiger partial charge is 0.315 e. The Hall–Kier alpha value is -2.65. The molecule has 202 valence electrons. The van der Waals surface area contributed by atoms with E-state index in [1.165, 1.54) is 11.3 Å². The second-order valence-corrected chi connectivity index (χ2v) is 11.8. The molecule has 5 amide bonds. The van der Waals surface area contributed by atoms with E-state index in [0.29, 0.717) is 25.8 Å². The molecule has 0 bridgehead atoms. The highest BCUT2D eigenvalue weighted by atomic mass is 16.2. The quantitative estimate of drug-likeness (QED) is 0.352. The van der Waals surface area contributed by atoms with Gasteiger partial charge in [0.2, 0.25) is 17.6 Å². The number of hydrogen-bond donors (Lipinski definition) is 4. The third kappa shape index (κ3) is 7.20. The summed E-state index contributed by atoms with van der Waals surface area (Å²) in [5, 5.41) is 8.58. The van der Waals surface area contributed by atoms with E-state index in [9.17, 15) is 24.0 Å². The molecule has 1 saturated heterocycles. The van der Waals surface area contributed by atoms with Crippen LogP contribution in [0.2, 0.25) is 0 Å². The Morgan fingerprint density at radius 2 is 1.56 bits per heavy atom. The molecule has 10 heteroatoms. The number of rotatable bonds is 9. The molecule has 3 atom stereocenters. The summed E-state index contributed by atoms with van der Waals surface area (Å²) in [4.78, 5) is 65.1. The van der Waals surface area contributed by atoms with E-state index in [0.717, 1.165) is 44.9 Å². The molecule has 0 radical (unpaired) electrons. The van der Waals surface area contributed by atoms with Gasteiger partial charge in [0, 0.05) is 12.6 Å². The number of nitrogens with two attached hydrogens (primary N) is 1. The van der Waals surface area contributed by atoms with Crippen molar-refractivity contribution in [3.63, 3.8) is 0 Å². The van der Waals surface area contributed by atoms with Crippen LogP contribution < -0.4 is 21.7 Å². The third-order valence-electron chi connectivity index (χ3n) is 7.84. The third-order valence-corrected chi connectivity index (χ3v) is 7.84.